The van der Waals surface area contributed by atoms with Crippen LogP contribution in [0.15, 0.2) is 12.1 Å². The van der Waals surface area contributed by atoms with E-state index in [9.17, 15) is 8.78 Å². The van der Waals surface area contributed by atoms with Crippen molar-refractivity contribution >= 4 is 11.4 Å². The zero-order chi connectivity index (χ0) is 12.3. The predicted molar refractivity (Wildman–Crippen MR) is 63.5 cm³/mol. The molecule has 0 aliphatic rings. The van der Waals surface area contributed by atoms with E-state index in [0.717, 1.165) is 12.1 Å². The van der Waals surface area contributed by atoms with Crippen LogP contribution >= 0.6 is 0 Å². The highest BCUT2D eigenvalue weighted by Crippen LogP contribution is 2.26. The van der Waals surface area contributed by atoms with E-state index < -0.39 is 11.6 Å². The summed E-state index contributed by atoms with van der Waals surface area (Å²) in [6.07, 6.45) is 0. The van der Waals surface area contributed by atoms with Crippen molar-refractivity contribution in [2.45, 2.75) is 20.8 Å². The van der Waals surface area contributed by atoms with Crippen molar-refractivity contribution in [1.82, 2.24) is 0 Å². The SMILES string of the molecule is CCN(CC(C)C)c1c(F)cc(N)cc1F. The molecular weight excluding hydrogens is 210 g/mol. The molecule has 0 aliphatic heterocycles. The fourth-order valence-electron chi connectivity index (χ4n) is 1.71. The van der Waals surface area contributed by atoms with E-state index in [1.165, 1.54) is 0 Å². The molecule has 0 amide bonds. The van der Waals surface area contributed by atoms with E-state index in [4.69, 9.17) is 5.73 Å². The fraction of sp³-hybridized carbons (Fsp3) is 0.500. The fourth-order valence-corrected chi connectivity index (χ4v) is 1.71. The van der Waals surface area contributed by atoms with E-state index in [1.54, 1.807) is 4.90 Å². The average molecular weight is 228 g/mol. The molecule has 90 valence electrons. The molecule has 0 bridgehead atoms. The molecule has 2 N–H and O–H groups in total. The second kappa shape index (κ2) is 5.14. The Kier molecular flexibility index (Phi) is 4.10. The molecule has 0 unspecified atom stereocenters. The Morgan fingerprint density at radius 2 is 1.75 bits per heavy atom. The quantitative estimate of drug-likeness (QED) is 0.803. The van der Waals surface area contributed by atoms with E-state index in [1.807, 2.05) is 20.8 Å². The van der Waals surface area contributed by atoms with Crippen molar-refractivity contribution in [3.05, 3.63) is 23.8 Å². The third kappa shape index (κ3) is 2.84. The lowest BCUT2D eigenvalue weighted by atomic mass is 10.1. The summed E-state index contributed by atoms with van der Waals surface area (Å²) in [4.78, 5) is 1.69. The zero-order valence-electron chi connectivity index (χ0n) is 9.93. The number of benzene rings is 1. The zero-order valence-corrected chi connectivity index (χ0v) is 9.93. The minimum atomic E-state index is -0.597. The second-order valence-electron chi connectivity index (χ2n) is 4.27. The van der Waals surface area contributed by atoms with Crippen LogP contribution in [0.25, 0.3) is 0 Å². The van der Waals surface area contributed by atoms with Gasteiger partial charge in [-0.15, -0.1) is 0 Å². The maximum absolute atomic E-state index is 13.6. The molecule has 16 heavy (non-hydrogen) atoms. The Hall–Kier alpha value is -1.32. The number of nitrogens with two attached hydrogens (primary N) is 1. The standard InChI is InChI=1S/C12H18F2N2/c1-4-16(7-8(2)3)12-10(13)5-9(15)6-11(12)14/h5-6,8H,4,7,15H2,1-3H3. The van der Waals surface area contributed by atoms with Gasteiger partial charge in [-0.2, -0.15) is 0 Å². The van der Waals surface area contributed by atoms with Gasteiger partial charge in [-0.25, -0.2) is 8.78 Å². The highest BCUT2D eigenvalue weighted by atomic mass is 19.1. The van der Waals surface area contributed by atoms with Gasteiger partial charge in [0.2, 0.25) is 0 Å². The number of halogens is 2. The molecule has 2 nitrogen and oxygen atoms in total. The lowest BCUT2D eigenvalue weighted by Crippen LogP contribution is -2.29. The summed E-state index contributed by atoms with van der Waals surface area (Å²) in [7, 11) is 0. The summed E-state index contributed by atoms with van der Waals surface area (Å²) in [5.41, 5.74) is 5.50. The third-order valence-electron chi connectivity index (χ3n) is 2.32. The number of anilines is 2. The summed E-state index contributed by atoms with van der Waals surface area (Å²) in [6, 6.07) is 2.31. The summed E-state index contributed by atoms with van der Waals surface area (Å²) < 4.78 is 27.3. The molecule has 0 fully saturated rings. The van der Waals surface area contributed by atoms with Crippen molar-refractivity contribution in [1.29, 1.82) is 0 Å². The van der Waals surface area contributed by atoms with Crippen LogP contribution in [0.5, 0.6) is 0 Å². The van der Waals surface area contributed by atoms with Gasteiger partial charge in [0.05, 0.1) is 0 Å². The number of nitrogens with zero attached hydrogens (tertiary/aromatic N) is 1. The van der Waals surface area contributed by atoms with Gasteiger partial charge in [-0.3, -0.25) is 0 Å². The first-order valence-electron chi connectivity index (χ1n) is 5.45. The summed E-state index contributed by atoms with van der Waals surface area (Å²) in [5.74, 6) is -0.851. The molecule has 1 aromatic rings. The summed E-state index contributed by atoms with van der Waals surface area (Å²) in [5, 5.41) is 0. The number of hydrogen-bond donors (Lipinski definition) is 1. The monoisotopic (exact) mass is 228 g/mol. The Morgan fingerprint density at radius 1 is 1.25 bits per heavy atom. The second-order valence-corrected chi connectivity index (χ2v) is 4.27. The van der Waals surface area contributed by atoms with Crippen LogP contribution in [0.3, 0.4) is 0 Å². The van der Waals surface area contributed by atoms with Gasteiger partial charge in [0.15, 0.2) is 11.6 Å². The van der Waals surface area contributed by atoms with Crippen LogP contribution in [-0.4, -0.2) is 13.1 Å². The van der Waals surface area contributed by atoms with Crippen LogP contribution in [0, 0.1) is 17.6 Å². The Bertz CT molecular complexity index is 341. The van der Waals surface area contributed by atoms with Gasteiger partial charge in [-0.1, -0.05) is 13.8 Å². The molecule has 1 rings (SSSR count). The Morgan fingerprint density at radius 3 is 2.12 bits per heavy atom. The molecule has 0 spiro atoms. The highest BCUT2D eigenvalue weighted by molar-refractivity contribution is 5.55. The minimum Gasteiger partial charge on any atom is -0.399 e. The van der Waals surface area contributed by atoms with Gasteiger partial charge < -0.3 is 10.6 Å². The molecule has 0 saturated heterocycles. The van der Waals surface area contributed by atoms with Crippen molar-refractivity contribution in [3.63, 3.8) is 0 Å². The van der Waals surface area contributed by atoms with Gasteiger partial charge in [-0.05, 0) is 25.0 Å². The molecule has 0 aromatic heterocycles. The lowest BCUT2D eigenvalue weighted by molar-refractivity contribution is 0.552. The minimum absolute atomic E-state index is 0.0189. The van der Waals surface area contributed by atoms with Crippen molar-refractivity contribution in [2.75, 3.05) is 23.7 Å². The summed E-state index contributed by atoms with van der Waals surface area (Å²) in [6.45, 7) is 7.08. The maximum Gasteiger partial charge on any atom is 0.151 e. The van der Waals surface area contributed by atoms with Gasteiger partial charge in [0, 0.05) is 18.8 Å². The van der Waals surface area contributed by atoms with Crippen molar-refractivity contribution in [2.24, 2.45) is 5.92 Å². The van der Waals surface area contributed by atoms with Gasteiger partial charge in [0.25, 0.3) is 0 Å². The molecular formula is C12H18F2N2. The van der Waals surface area contributed by atoms with Crippen molar-refractivity contribution < 1.29 is 8.78 Å². The Balaban J connectivity index is 3.09. The third-order valence-corrected chi connectivity index (χ3v) is 2.32. The molecule has 4 heteroatoms. The first-order chi connectivity index (χ1) is 7.45. The van der Waals surface area contributed by atoms with E-state index >= 15 is 0 Å². The predicted octanol–water partition coefficient (Wildman–Crippen LogP) is 3.03. The molecule has 0 heterocycles. The number of nitrogen functional groups attached to an aromatic ring is 1. The molecule has 0 radical (unpaired) electrons. The lowest BCUT2D eigenvalue weighted by Gasteiger charge is -2.26. The van der Waals surface area contributed by atoms with E-state index in [0.29, 0.717) is 19.0 Å². The van der Waals surface area contributed by atoms with Crippen LogP contribution in [0.4, 0.5) is 20.2 Å². The summed E-state index contributed by atoms with van der Waals surface area (Å²) >= 11 is 0. The normalized spacial score (nSPS) is 10.9. The molecule has 0 aliphatic carbocycles. The van der Waals surface area contributed by atoms with Crippen molar-refractivity contribution in [3.8, 4) is 0 Å². The average Bonchev–Trinajstić information content (AvgIpc) is 2.13. The highest BCUT2D eigenvalue weighted by Gasteiger charge is 2.17. The molecule has 0 atom stereocenters. The van der Waals surface area contributed by atoms with Gasteiger partial charge in [0.1, 0.15) is 5.69 Å². The first kappa shape index (κ1) is 12.7. The van der Waals surface area contributed by atoms with E-state index in [2.05, 4.69) is 0 Å². The topological polar surface area (TPSA) is 29.3 Å². The van der Waals surface area contributed by atoms with Gasteiger partial charge >= 0.3 is 0 Å². The van der Waals surface area contributed by atoms with E-state index in [-0.39, 0.29) is 11.4 Å². The smallest absolute Gasteiger partial charge is 0.151 e. The number of rotatable bonds is 4. The number of hydrogen-bond acceptors (Lipinski definition) is 2. The largest absolute Gasteiger partial charge is 0.399 e. The first-order valence-corrected chi connectivity index (χ1v) is 5.45. The van der Waals surface area contributed by atoms with Crippen LogP contribution < -0.4 is 10.6 Å². The molecule has 1 aromatic carbocycles. The van der Waals surface area contributed by atoms with Crippen LogP contribution in [-0.2, 0) is 0 Å². The van der Waals surface area contributed by atoms with Crippen LogP contribution in [0.1, 0.15) is 20.8 Å². The maximum atomic E-state index is 13.6. The molecule has 0 saturated carbocycles. The van der Waals surface area contributed by atoms with Crippen LogP contribution in [0.2, 0.25) is 0 Å². The Labute approximate surface area is 95.1 Å².